The molecule has 0 radical (unpaired) electrons. The number of nitrogen functional groups attached to an aromatic ring is 1. The van der Waals surface area contributed by atoms with Gasteiger partial charge < -0.3 is 16.0 Å². The van der Waals surface area contributed by atoms with Crippen LogP contribution in [0.4, 0.5) is 11.4 Å². The first-order valence-electron chi connectivity index (χ1n) is 5.12. The fraction of sp³-hybridized carbons (Fsp3) is 0.273. The summed E-state index contributed by atoms with van der Waals surface area (Å²) in [6.07, 6.45) is 3.90. The topological polar surface area (TPSA) is 70.6 Å². The monoisotopic (exact) mass is 220 g/mol. The van der Waals surface area contributed by atoms with E-state index in [9.17, 15) is 0 Å². The molecule has 5 nitrogen and oxygen atoms in total. The average molecular weight is 220 g/mol. The van der Waals surface area contributed by atoms with Crippen LogP contribution in [-0.2, 0) is 0 Å². The van der Waals surface area contributed by atoms with E-state index >= 15 is 0 Å². The minimum Gasteiger partial charge on any atom is -0.399 e. The van der Waals surface area contributed by atoms with Crippen LogP contribution >= 0.6 is 0 Å². The molecule has 1 aromatic carbocycles. The van der Waals surface area contributed by atoms with Crippen LogP contribution < -0.4 is 11.1 Å². The summed E-state index contributed by atoms with van der Waals surface area (Å²) in [5.74, 6) is 0. The van der Waals surface area contributed by atoms with E-state index in [0.29, 0.717) is 6.67 Å². The Balaban J connectivity index is 2.42. The van der Waals surface area contributed by atoms with Crippen molar-refractivity contribution in [1.29, 1.82) is 0 Å². The molecule has 0 aromatic heterocycles. The highest BCUT2D eigenvalue weighted by Gasteiger charge is 1.90. The molecule has 86 valence electrons. The summed E-state index contributed by atoms with van der Waals surface area (Å²) >= 11 is 0. The normalized spacial score (nSPS) is 11.4. The Bertz CT molecular complexity index is 355. The molecule has 0 aliphatic carbocycles. The Hall–Kier alpha value is -1.88. The summed E-state index contributed by atoms with van der Waals surface area (Å²) in [6, 6.07) is 7.30. The van der Waals surface area contributed by atoms with E-state index in [1.807, 2.05) is 61.0 Å². The summed E-state index contributed by atoms with van der Waals surface area (Å²) in [6.45, 7) is 0.536. The van der Waals surface area contributed by atoms with Gasteiger partial charge in [-0.2, -0.15) is 10.2 Å². The van der Waals surface area contributed by atoms with Gasteiger partial charge in [0.05, 0.1) is 18.9 Å². The zero-order valence-corrected chi connectivity index (χ0v) is 9.67. The molecular weight excluding hydrogens is 202 g/mol. The third kappa shape index (κ3) is 4.56. The van der Waals surface area contributed by atoms with E-state index in [0.717, 1.165) is 11.4 Å². The van der Waals surface area contributed by atoms with Crippen molar-refractivity contribution in [1.82, 2.24) is 4.90 Å². The number of rotatable bonds is 5. The molecule has 4 N–H and O–H groups in total. The number of hydrogen-bond acceptors (Lipinski definition) is 4. The molecule has 0 saturated carbocycles. The standard InChI is InChI=1S/C11H17N5/c1-13-7-8-16(2)9-14-15-11-5-3-10(12)4-6-11/h3-8,13H,9,12H2,1-2H3/p+1/b8-7-,15-14?. The second-order valence-electron chi connectivity index (χ2n) is 3.41. The second kappa shape index (κ2) is 6.58. The zero-order chi connectivity index (χ0) is 11.8. The lowest BCUT2D eigenvalue weighted by atomic mass is 10.3. The Kier molecular flexibility index (Phi) is 5.01. The SMILES string of the molecule is C[NH2+]/C=C\N(C)CN=Nc1ccc(N)cc1. The number of quaternary nitrogens is 1. The maximum atomic E-state index is 5.57. The van der Waals surface area contributed by atoms with Crippen LogP contribution in [0.1, 0.15) is 0 Å². The maximum Gasteiger partial charge on any atom is 0.131 e. The number of hydrogen-bond donors (Lipinski definition) is 2. The lowest BCUT2D eigenvalue weighted by Crippen LogP contribution is -2.72. The van der Waals surface area contributed by atoms with Crippen LogP contribution in [0.2, 0.25) is 0 Å². The largest absolute Gasteiger partial charge is 0.399 e. The summed E-state index contributed by atoms with van der Waals surface area (Å²) in [5, 5.41) is 10.1. The average Bonchev–Trinajstić information content (AvgIpc) is 2.29. The molecule has 0 aliphatic heterocycles. The summed E-state index contributed by atoms with van der Waals surface area (Å²) < 4.78 is 0. The van der Waals surface area contributed by atoms with Gasteiger partial charge in [-0.15, -0.1) is 0 Å². The molecule has 0 amide bonds. The van der Waals surface area contributed by atoms with Crippen molar-refractivity contribution >= 4 is 11.4 Å². The van der Waals surface area contributed by atoms with Crippen molar-refractivity contribution in [3.8, 4) is 0 Å². The fourth-order valence-electron chi connectivity index (χ4n) is 1.03. The summed E-state index contributed by atoms with van der Waals surface area (Å²) in [7, 11) is 3.92. The maximum absolute atomic E-state index is 5.57. The first kappa shape index (κ1) is 12.2. The highest BCUT2D eigenvalue weighted by atomic mass is 15.2. The van der Waals surface area contributed by atoms with Crippen LogP contribution in [-0.4, -0.2) is 25.7 Å². The zero-order valence-electron chi connectivity index (χ0n) is 9.67. The van der Waals surface area contributed by atoms with E-state index in [4.69, 9.17) is 5.73 Å². The van der Waals surface area contributed by atoms with Gasteiger partial charge in [-0.05, 0) is 24.3 Å². The second-order valence-corrected chi connectivity index (χ2v) is 3.41. The predicted molar refractivity (Wildman–Crippen MR) is 65.0 cm³/mol. The molecule has 1 aromatic rings. The van der Waals surface area contributed by atoms with Crippen molar-refractivity contribution in [2.75, 3.05) is 26.5 Å². The molecule has 0 bridgehead atoms. The van der Waals surface area contributed by atoms with Gasteiger partial charge in [-0.3, -0.25) is 0 Å². The van der Waals surface area contributed by atoms with Crippen LogP contribution in [0.5, 0.6) is 0 Å². The van der Waals surface area contributed by atoms with E-state index in [-0.39, 0.29) is 0 Å². The van der Waals surface area contributed by atoms with Gasteiger partial charge in [0.25, 0.3) is 0 Å². The number of nitrogens with zero attached hydrogens (tertiary/aromatic N) is 3. The van der Waals surface area contributed by atoms with Crippen LogP contribution in [0.25, 0.3) is 0 Å². The minimum absolute atomic E-state index is 0.536. The molecule has 0 spiro atoms. The van der Waals surface area contributed by atoms with E-state index < -0.39 is 0 Å². The quantitative estimate of drug-likeness (QED) is 0.572. The molecule has 0 unspecified atom stereocenters. The lowest BCUT2D eigenvalue weighted by Gasteiger charge is -2.07. The third-order valence-corrected chi connectivity index (χ3v) is 1.90. The van der Waals surface area contributed by atoms with Crippen molar-refractivity contribution in [3.05, 3.63) is 36.7 Å². The molecular formula is C11H18N5+. The van der Waals surface area contributed by atoms with Gasteiger partial charge in [0.15, 0.2) is 0 Å². The molecule has 1 rings (SSSR count). The Labute approximate surface area is 95.7 Å². The highest BCUT2D eigenvalue weighted by Crippen LogP contribution is 2.14. The predicted octanol–water partition coefficient (Wildman–Crippen LogP) is 0.906. The van der Waals surface area contributed by atoms with Crippen LogP contribution in [0.15, 0.2) is 46.9 Å². The van der Waals surface area contributed by atoms with E-state index in [1.54, 1.807) is 0 Å². The smallest absolute Gasteiger partial charge is 0.131 e. The van der Waals surface area contributed by atoms with Gasteiger partial charge in [-0.25, -0.2) is 0 Å². The first-order valence-corrected chi connectivity index (χ1v) is 5.12. The molecule has 0 atom stereocenters. The lowest BCUT2D eigenvalue weighted by molar-refractivity contribution is -0.557. The number of anilines is 1. The van der Waals surface area contributed by atoms with Gasteiger partial charge in [-0.1, -0.05) is 0 Å². The molecule has 0 saturated heterocycles. The Morgan fingerprint density at radius 1 is 1.38 bits per heavy atom. The number of nitrogens with two attached hydrogens (primary N) is 2. The van der Waals surface area contributed by atoms with E-state index in [2.05, 4.69) is 10.2 Å². The third-order valence-electron chi connectivity index (χ3n) is 1.90. The fourth-order valence-corrected chi connectivity index (χ4v) is 1.03. The minimum atomic E-state index is 0.536. The van der Waals surface area contributed by atoms with Gasteiger partial charge in [0.1, 0.15) is 12.9 Å². The van der Waals surface area contributed by atoms with E-state index in [1.165, 1.54) is 0 Å². The summed E-state index contributed by atoms with van der Waals surface area (Å²) in [4.78, 5) is 1.95. The molecule has 16 heavy (non-hydrogen) atoms. The van der Waals surface area contributed by atoms with Crippen LogP contribution in [0.3, 0.4) is 0 Å². The van der Waals surface area contributed by atoms with Crippen molar-refractivity contribution < 1.29 is 5.32 Å². The molecule has 0 heterocycles. The number of azo groups is 1. The summed E-state index contributed by atoms with van der Waals surface area (Å²) in [5.41, 5.74) is 7.11. The van der Waals surface area contributed by atoms with Crippen molar-refractivity contribution in [2.45, 2.75) is 0 Å². The first-order chi connectivity index (χ1) is 7.72. The van der Waals surface area contributed by atoms with Gasteiger partial charge >= 0.3 is 0 Å². The van der Waals surface area contributed by atoms with Gasteiger partial charge in [0, 0.05) is 12.7 Å². The van der Waals surface area contributed by atoms with Crippen molar-refractivity contribution in [3.63, 3.8) is 0 Å². The Morgan fingerprint density at radius 3 is 2.69 bits per heavy atom. The van der Waals surface area contributed by atoms with Gasteiger partial charge in [0.2, 0.25) is 0 Å². The molecule has 5 heteroatoms. The molecule has 0 fully saturated rings. The number of benzene rings is 1. The van der Waals surface area contributed by atoms with Crippen LogP contribution in [0, 0.1) is 0 Å². The van der Waals surface area contributed by atoms with Crippen molar-refractivity contribution in [2.24, 2.45) is 10.2 Å². The Morgan fingerprint density at radius 2 is 2.06 bits per heavy atom. The molecule has 0 aliphatic rings. The highest BCUT2D eigenvalue weighted by molar-refractivity contribution is 5.47.